The average Bonchev–Trinajstić information content (AvgIpc) is 2.74. The summed E-state index contributed by atoms with van der Waals surface area (Å²) >= 11 is 0. The first-order valence-electron chi connectivity index (χ1n) is 5.64. The lowest BCUT2D eigenvalue weighted by Gasteiger charge is -2.03. The maximum atomic E-state index is 4.21. The third-order valence-electron chi connectivity index (χ3n) is 3.06. The standard InChI is InChI=1S/C14H13N3/c1-10-8-13-14(9-11(10)2)17(16-15-13)12-6-4-3-5-7-12/h3-9H,1-2H3. The van der Waals surface area contributed by atoms with Gasteiger partial charge in [-0.05, 0) is 49.2 Å². The van der Waals surface area contributed by atoms with Gasteiger partial charge in [-0.2, -0.15) is 0 Å². The lowest BCUT2D eigenvalue weighted by Crippen LogP contribution is -1.96. The molecule has 3 aromatic rings. The maximum absolute atomic E-state index is 4.21. The molecular weight excluding hydrogens is 210 g/mol. The quantitative estimate of drug-likeness (QED) is 0.634. The van der Waals surface area contributed by atoms with Gasteiger partial charge in [0.1, 0.15) is 5.52 Å². The Hall–Kier alpha value is -2.16. The maximum Gasteiger partial charge on any atom is 0.113 e. The minimum atomic E-state index is 0.942. The van der Waals surface area contributed by atoms with Gasteiger partial charge in [0.15, 0.2) is 0 Å². The van der Waals surface area contributed by atoms with Crippen molar-refractivity contribution in [3.05, 3.63) is 53.6 Å². The number of benzene rings is 2. The highest BCUT2D eigenvalue weighted by Gasteiger charge is 2.07. The van der Waals surface area contributed by atoms with Gasteiger partial charge in [-0.1, -0.05) is 23.4 Å². The molecule has 17 heavy (non-hydrogen) atoms. The number of fused-ring (bicyclic) bond motifs is 1. The van der Waals surface area contributed by atoms with E-state index in [0.717, 1.165) is 16.7 Å². The molecule has 0 radical (unpaired) electrons. The summed E-state index contributed by atoms with van der Waals surface area (Å²) < 4.78 is 1.88. The number of para-hydroxylation sites is 1. The molecule has 1 aromatic heterocycles. The first-order chi connectivity index (χ1) is 8.25. The smallest absolute Gasteiger partial charge is 0.113 e. The van der Waals surface area contributed by atoms with Gasteiger partial charge >= 0.3 is 0 Å². The third-order valence-corrected chi connectivity index (χ3v) is 3.06. The van der Waals surface area contributed by atoms with E-state index in [1.165, 1.54) is 11.1 Å². The second kappa shape index (κ2) is 3.70. The van der Waals surface area contributed by atoms with Crippen molar-refractivity contribution in [3.8, 4) is 5.69 Å². The second-order valence-electron chi connectivity index (χ2n) is 4.26. The molecule has 0 bridgehead atoms. The molecule has 3 rings (SSSR count). The minimum absolute atomic E-state index is 0.942. The zero-order chi connectivity index (χ0) is 11.8. The van der Waals surface area contributed by atoms with E-state index in [1.807, 2.05) is 35.0 Å². The molecule has 0 saturated carbocycles. The molecule has 2 aromatic carbocycles. The lowest BCUT2D eigenvalue weighted by atomic mass is 10.1. The highest BCUT2D eigenvalue weighted by atomic mass is 15.4. The molecule has 3 heteroatoms. The van der Waals surface area contributed by atoms with Crippen molar-refractivity contribution in [2.75, 3.05) is 0 Å². The molecule has 0 amide bonds. The Bertz CT molecular complexity index is 669. The van der Waals surface area contributed by atoms with Crippen molar-refractivity contribution in [1.29, 1.82) is 0 Å². The Morgan fingerprint density at radius 2 is 1.65 bits per heavy atom. The topological polar surface area (TPSA) is 30.7 Å². The molecule has 0 saturated heterocycles. The van der Waals surface area contributed by atoms with E-state index in [9.17, 15) is 0 Å². The number of nitrogens with zero attached hydrogens (tertiary/aromatic N) is 3. The Kier molecular flexibility index (Phi) is 2.18. The molecule has 0 aliphatic carbocycles. The summed E-state index contributed by atoms with van der Waals surface area (Å²) in [5.41, 5.74) is 5.55. The third kappa shape index (κ3) is 1.60. The molecule has 0 aliphatic heterocycles. The molecule has 1 heterocycles. The van der Waals surface area contributed by atoms with Crippen LogP contribution in [0.2, 0.25) is 0 Å². The molecule has 0 unspecified atom stereocenters. The van der Waals surface area contributed by atoms with Crippen LogP contribution in [0.3, 0.4) is 0 Å². The largest absolute Gasteiger partial charge is 0.213 e. The summed E-state index contributed by atoms with van der Waals surface area (Å²) in [5.74, 6) is 0. The summed E-state index contributed by atoms with van der Waals surface area (Å²) in [4.78, 5) is 0. The average molecular weight is 223 g/mol. The van der Waals surface area contributed by atoms with E-state index < -0.39 is 0 Å². The van der Waals surface area contributed by atoms with E-state index in [2.05, 4.69) is 36.3 Å². The van der Waals surface area contributed by atoms with Crippen LogP contribution >= 0.6 is 0 Å². The summed E-state index contributed by atoms with van der Waals surface area (Å²) in [5, 5.41) is 8.42. The monoisotopic (exact) mass is 223 g/mol. The summed E-state index contributed by atoms with van der Waals surface area (Å²) in [7, 11) is 0. The van der Waals surface area contributed by atoms with Gasteiger partial charge in [-0.25, -0.2) is 4.68 Å². The molecule has 0 fully saturated rings. The van der Waals surface area contributed by atoms with Crippen LogP contribution in [0.15, 0.2) is 42.5 Å². The van der Waals surface area contributed by atoms with Crippen LogP contribution in [-0.2, 0) is 0 Å². The van der Waals surface area contributed by atoms with Crippen LogP contribution in [0.25, 0.3) is 16.7 Å². The number of aryl methyl sites for hydroxylation is 2. The minimum Gasteiger partial charge on any atom is -0.213 e. The van der Waals surface area contributed by atoms with Crippen molar-refractivity contribution < 1.29 is 0 Å². The predicted molar refractivity (Wildman–Crippen MR) is 68.3 cm³/mol. The van der Waals surface area contributed by atoms with Crippen LogP contribution < -0.4 is 0 Å². The lowest BCUT2D eigenvalue weighted by molar-refractivity contribution is 0.824. The number of aromatic nitrogens is 3. The van der Waals surface area contributed by atoms with Gasteiger partial charge in [0, 0.05) is 0 Å². The zero-order valence-electron chi connectivity index (χ0n) is 9.88. The fourth-order valence-electron chi connectivity index (χ4n) is 1.94. The van der Waals surface area contributed by atoms with Gasteiger partial charge in [0.2, 0.25) is 0 Å². The van der Waals surface area contributed by atoms with E-state index in [0.29, 0.717) is 0 Å². The van der Waals surface area contributed by atoms with Gasteiger partial charge < -0.3 is 0 Å². The van der Waals surface area contributed by atoms with Gasteiger partial charge in [-0.15, -0.1) is 5.10 Å². The number of hydrogen-bond donors (Lipinski definition) is 0. The summed E-state index contributed by atoms with van der Waals surface area (Å²) in [6.07, 6.45) is 0. The van der Waals surface area contributed by atoms with Crippen molar-refractivity contribution >= 4 is 11.0 Å². The van der Waals surface area contributed by atoms with Crippen LogP contribution in [0.1, 0.15) is 11.1 Å². The highest BCUT2D eigenvalue weighted by molar-refractivity contribution is 5.78. The Balaban J connectivity index is 2.29. The van der Waals surface area contributed by atoms with Gasteiger partial charge in [0.25, 0.3) is 0 Å². The number of hydrogen-bond acceptors (Lipinski definition) is 2. The zero-order valence-corrected chi connectivity index (χ0v) is 9.88. The van der Waals surface area contributed by atoms with E-state index in [-0.39, 0.29) is 0 Å². The summed E-state index contributed by atoms with van der Waals surface area (Å²) in [6, 6.07) is 14.3. The van der Waals surface area contributed by atoms with E-state index >= 15 is 0 Å². The molecule has 3 nitrogen and oxygen atoms in total. The Labute approximate surface area is 99.7 Å². The number of rotatable bonds is 1. The van der Waals surface area contributed by atoms with Crippen molar-refractivity contribution in [1.82, 2.24) is 15.0 Å². The molecule has 0 atom stereocenters. The van der Waals surface area contributed by atoms with Crippen LogP contribution in [-0.4, -0.2) is 15.0 Å². The fourth-order valence-corrected chi connectivity index (χ4v) is 1.94. The van der Waals surface area contributed by atoms with Gasteiger partial charge in [-0.3, -0.25) is 0 Å². The van der Waals surface area contributed by atoms with Crippen molar-refractivity contribution in [2.45, 2.75) is 13.8 Å². The summed E-state index contributed by atoms with van der Waals surface area (Å²) in [6.45, 7) is 4.20. The van der Waals surface area contributed by atoms with Crippen molar-refractivity contribution in [2.24, 2.45) is 0 Å². The SMILES string of the molecule is Cc1cc2nnn(-c3ccccc3)c2cc1C. The fraction of sp³-hybridized carbons (Fsp3) is 0.143. The second-order valence-corrected chi connectivity index (χ2v) is 4.26. The first-order valence-corrected chi connectivity index (χ1v) is 5.64. The van der Waals surface area contributed by atoms with Gasteiger partial charge in [0.05, 0.1) is 11.2 Å². The van der Waals surface area contributed by atoms with E-state index in [4.69, 9.17) is 0 Å². The normalized spacial score (nSPS) is 10.9. The predicted octanol–water partition coefficient (Wildman–Crippen LogP) is 3.04. The molecule has 0 spiro atoms. The molecular formula is C14H13N3. The Morgan fingerprint density at radius 1 is 0.941 bits per heavy atom. The van der Waals surface area contributed by atoms with Crippen molar-refractivity contribution in [3.63, 3.8) is 0 Å². The molecule has 0 aliphatic rings. The first kappa shape index (κ1) is 10.0. The highest BCUT2D eigenvalue weighted by Crippen LogP contribution is 2.19. The van der Waals surface area contributed by atoms with E-state index in [1.54, 1.807) is 0 Å². The van der Waals surface area contributed by atoms with Crippen LogP contribution in [0.4, 0.5) is 0 Å². The molecule has 84 valence electrons. The molecule has 0 N–H and O–H groups in total. The van der Waals surface area contributed by atoms with Crippen LogP contribution in [0, 0.1) is 13.8 Å². The van der Waals surface area contributed by atoms with Crippen LogP contribution in [0.5, 0.6) is 0 Å². The Morgan fingerprint density at radius 3 is 2.41 bits per heavy atom.